The highest BCUT2D eigenvalue weighted by atomic mass is 15.0. The van der Waals surface area contributed by atoms with Crippen molar-refractivity contribution in [1.82, 2.24) is 15.3 Å². The summed E-state index contributed by atoms with van der Waals surface area (Å²) in [6.07, 6.45) is 9.81. The predicted molar refractivity (Wildman–Crippen MR) is 69.1 cm³/mol. The van der Waals surface area contributed by atoms with Crippen molar-refractivity contribution in [2.75, 3.05) is 18.4 Å². The Labute approximate surface area is 100 Å². The van der Waals surface area contributed by atoms with E-state index in [2.05, 4.69) is 20.6 Å². The Morgan fingerprint density at radius 3 is 2.88 bits per heavy atom. The molecule has 1 aliphatic rings. The minimum atomic E-state index is 0.545. The molecule has 1 saturated heterocycles. The lowest BCUT2D eigenvalue weighted by atomic mass is 10.1. The van der Waals surface area contributed by atoms with E-state index in [1.807, 2.05) is 24.7 Å². The molecule has 0 aliphatic carbocycles. The molecule has 0 saturated carbocycles. The molecule has 88 valence electrons. The summed E-state index contributed by atoms with van der Waals surface area (Å²) < 4.78 is 0. The lowest BCUT2D eigenvalue weighted by molar-refractivity contribution is 0.479. The highest BCUT2D eigenvalue weighted by molar-refractivity contribution is 5.92. The van der Waals surface area contributed by atoms with Gasteiger partial charge in [-0.1, -0.05) is 0 Å². The van der Waals surface area contributed by atoms with Crippen LogP contribution in [0.1, 0.15) is 12.8 Å². The maximum Gasteiger partial charge on any atom is 0.0624 e. The minimum Gasteiger partial charge on any atom is -0.380 e. The third-order valence-corrected chi connectivity index (χ3v) is 3.26. The smallest absolute Gasteiger partial charge is 0.0624 e. The van der Waals surface area contributed by atoms with Gasteiger partial charge in [0.1, 0.15) is 0 Å². The fourth-order valence-corrected chi connectivity index (χ4v) is 2.31. The minimum absolute atomic E-state index is 0.545. The molecule has 0 amide bonds. The number of hydrogen-bond donors (Lipinski definition) is 2. The summed E-state index contributed by atoms with van der Waals surface area (Å²) in [6, 6.07) is 2.54. The van der Waals surface area contributed by atoms with Gasteiger partial charge in [-0.15, -0.1) is 0 Å². The molecule has 3 heterocycles. The Kier molecular flexibility index (Phi) is 2.88. The number of nitrogens with one attached hydrogen (secondary N) is 2. The van der Waals surface area contributed by atoms with Gasteiger partial charge < -0.3 is 10.6 Å². The first kappa shape index (κ1) is 10.5. The Morgan fingerprint density at radius 2 is 2.00 bits per heavy atom. The average molecular weight is 228 g/mol. The zero-order chi connectivity index (χ0) is 11.5. The lowest BCUT2D eigenvalue weighted by Gasteiger charge is -2.25. The Hall–Kier alpha value is -1.68. The molecule has 4 heteroatoms. The molecule has 0 aromatic carbocycles. The maximum absolute atomic E-state index is 4.27. The van der Waals surface area contributed by atoms with Crippen LogP contribution in [0.15, 0.2) is 30.9 Å². The van der Waals surface area contributed by atoms with E-state index in [-0.39, 0.29) is 0 Å². The van der Waals surface area contributed by atoms with E-state index in [1.54, 1.807) is 6.20 Å². The second-order valence-corrected chi connectivity index (χ2v) is 4.45. The monoisotopic (exact) mass is 228 g/mol. The summed E-state index contributed by atoms with van der Waals surface area (Å²) in [5.74, 6) is 0. The van der Waals surface area contributed by atoms with Crippen LogP contribution in [0.4, 0.5) is 5.69 Å². The van der Waals surface area contributed by atoms with Crippen molar-refractivity contribution in [3.63, 3.8) is 0 Å². The third-order valence-electron chi connectivity index (χ3n) is 3.26. The van der Waals surface area contributed by atoms with E-state index in [9.17, 15) is 0 Å². The van der Waals surface area contributed by atoms with E-state index in [0.29, 0.717) is 6.04 Å². The van der Waals surface area contributed by atoms with Crippen molar-refractivity contribution < 1.29 is 0 Å². The van der Waals surface area contributed by atoms with E-state index in [1.165, 1.54) is 0 Å². The molecule has 0 unspecified atom stereocenters. The van der Waals surface area contributed by atoms with E-state index >= 15 is 0 Å². The second-order valence-electron chi connectivity index (χ2n) is 4.45. The maximum atomic E-state index is 4.27. The fraction of sp³-hybridized carbons (Fsp3) is 0.385. The zero-order valence-corrected chi connectivity index (χ0v) is 9.69. The highest BCUT2D eigenvalue weighted by Crippen LogP contribution is 2.22. The first-order valence-electron chi connectivity index (χ1n) is 6.08. The third kappa shape index (κ3) is 2.22. The van der Waals surface area contributed by atoms with Crippen LogP contribution in [0.2, 0.25) is 0 Å². The van der Waals surface area contributed by atoms with E-state index in [4.69, 9.17) is 0 Å². The molecule has 0 radical (unpaired) electrons. The molecular weight excluding hydrogens is 212 g/mol. The second kappa shape index (κ2) is 4.67. The van der Waals surface area contributed by atoms with Crippen LogP contribution in [0.3, 0.4) is 0 Å². The number of hydrogen-bond acceptors (Lipinski definition) is 4. The molecular formula is C13H16N4. The number of fused-ring (bicyclic) bond motifs is 1. The summed E-state index contributed by atoms with van der Waals surface area (Å²) in [5, 5.41) is 9.24. The van der Waals surface area contributed by atoms with Crippen LogP contribution < -0.4 is 10.6 Å². The highest BCUT2D eigenvalue weighted by Gasteiger charge is 2.13. The topological polar surface area (TPSA) is 49.8 Å². The molecule has 0 spiro atoms. The molecule has 4 nitrogen and oxygen atoms in total. The lowest BCUT2D eigenvalue weighted by Crippen LogP contribution is -2.35. The van der Waals surface area contributed by atoms with Crippen molar-refractivity contribution in [3.8, 4) is 0 Å². The number of aromatic nitrogens is 2. The number of anilines is 1. The van der Waals surface area contributed by atoms with Crippen molar-refractivity contribution in [3.05, 3.63) is 30.9 Å². The summed E-state index contributed by atoms with van der Waals surface area (Å²) >= 11 is 0. The molecule has 2 aromatic heterocycles. The SMILES string of the molecule is c1cc2cncc(NC3CCNCC3)c2cn1. The first-order chi connectivity index (χ1) is 8.43. The van der Waals surface area contributed by atoms with Gasteiger partial charge in [0.25, 0.3) is 0 Å². The van der Waals surface area contributed by atoms with Gasteiger partial charge in [-0.25, -0.2) is 0 Å². The van der Waals surface area contributed by atoms with Crippen molar-refractivity contribution in [2.45, 2.75) is 18.9 Å². The Morgan fingerprint density at radius 1 is 1.12 bits per heavy atom. The van der Waals surface area contributed by atoms with Gasteiger partial charge in [0.15, 0.2) is 0 Å². The summed E-state index contributed by atoms with van der Waals surface area (Å²) in [4.78, 5) is 8.46. The van der Waals surface area contributed by atoms with E-state index in [0.717, 1.165) is 42.4 Å². The van der Waals surface area contributed by atoms with Gasteiger partial charge >= 0.3 is 0 Å². The van der Waals surface area contributed by atoms with Crippen molar-refractivity contribution in [2.24, 2.45) is 0 Å². The molecule has 0 atom stereocenters. The van der Waals surface area contributed by atoms with Crippen LogP contribution >= 0.6 is 0 Å². The predicted octanol–water partition coefficient (Wildman–Crippen LogP) is 1.79. The van der Waals surface area contributed by atoms with Crippen LogP contribution in [0, 0.1) is 0 Å². The van der Waals surface area contributed by atoms with Crippen LogP contribution in [-0.2, 0) is 0 Å². The Bertz CT molecular complexity index is 500. The number of pyridine rings is 2. The van der Waals surface area contributed by atoms with Gasteiger partial charge in [0.05, 0.1) is 11.9 Å². The van der Waals surface area contributed by atoms with Gasteiger partial charge in [-0.2, -0.15) is 0 Å². The number of piperidine rings is 1. The number of rotatable bonds is 2. The molecule has 2 N–H and O–H groups in total. The largest absolute Gasteiger partial charge is 0.380 e. The zero-order valence-electron chi connectivity index (χ0n) is 9.69. The first-order valence-corrected chi connectivity index (χ1v) is 6.08. The fourth-order valence-electron chi connectivity index (χ4n) is 2.31. The molecule has 1 fully saturated rings. The summed E-state index contributed by atoms with van der Waals surface area (Å²) in [7, 11) is 0. The molecule has 2 aromatic rings. The van der Waals surface area contributed by atoms with E-state index < -0.39 is 0 Å². The average Bonchev–Trinajstić information content (AvgIpc) is 2.40. The van der Waals surface area contributed by atoms with Gasteiger partial charge in [-0.3, -0.25) is 9.97 Å². The normalized spacial score (nSPS) is 17.2. The van der Waals surface area contributed by atoms with Gasteiger partial charge in [0, 0.05) is 35.4 Å². The quantitative estimate of drug-likeness (QED) is 0.823. The molecule has 0 bridgehead atoms. The molecule has 1 aliphatic heterocycles. The number of nitrogens with zero attached hydrogens (tertiary/aromatic N) is 2. The summed E-state index contributed by atoms with van der Waals surface area (Å²) in [5.41, 5.74) is 1.10. The Balaban J connectivity index is 1.89. The van der Waals surface area contributed by atoms with Gasteiger partial charge in [-0.05, 0) is 32.0 Å². The van der Waals surface area contributed by atoms with Crippen molar-refractivity contribution >= 4 is 16.5 Å². The summed E-state index contributed by atoms with van der Waals surface area (Å²) in [6.45, 7) is 2.18. The van der Waals surface area contributed by atoms with Crippen molar-refractivity contribution in [1.29, 1.82) is 0 Å². The van der Waals surface area contributed by atoms with Crippen LogP contribution in [0.5, 0.6) is 0 Å². The molecule has 17 heavy (non-hydrogen) atoms. The standard InChI is InChI=1S/C13H16N4/c1-4-15-8-12-10(1)7-16-9-13(12)17-11-2-5-14-6-3-11/h1,4,7-9,11,14,17H,2-3,5-6H2. The molecule has 3 rings (SSSR count). The van der Waals surface area contributed by atoms with Gasteiger partial charge in [0.2, 0.25) is 0 Å². The van der Waals surface area contributed by atoms with Crippen LogP contribution in [0.25, 0.3) is 10.8 Å². The van der Waals surface area contributed by atoms with Crippen LogP contribution in [-0.4, -0.2) is 29.1 Å².